The lowest BCUT2D eigenvalue weighted by molar-refractivity contribution is -0.144. The van der Waals surface area contributed by atoms with E-state index in [0.717, 1.165) is 16.8 Å². The van der Waals surface area contributed by atoms with Crippen LogP contribution in [0.4, 0.5) is 5.69 Å². The summed E-state index contributed by atoms with van der Waals surface area (Å²) < 4.78 is 9.75. The summed E-state index contributed by atoms with van der Waals surface area (Å²) >= 11 is 6.23. The van der Waals surface area contributed by atoms with Crippen molar-refractivity contribution in [2.75, 3.05) is 19.5 Å². The Bertz CT molecular complexity index is 1180. The molecule has 9 nitrogen and oxygen atoms in total. The fraction of sp³-hybridized carbons (Fsp3) is 0.240. The first kappa shape index (κ1) is 26.9. The van der Waals surface area contributed by atoms with Gasteiger partial charge in [0.1, 0.15) is 10.4 Å². The average Bonchev–Trinajstić information content (AvgIpc) is 3.21. The van der Waals surface area contributed by atoms with Crippen molar-refractivity contribution in [2.24, 2.45) is 0 Å². The smallest absolute Gasteiger partial charge is 0.328 e. The summed E-state index contributed by atoms with van der Waals surface area (Å²) in [6.07, 6.45) is 1.83. The molecule has 1 atom stereocenters. The summed E-state index contributed by atoms with van der Waals surface area (Å²) in [6.45, 7) is 0.527. The molecule has 11 heteroatoms. The molecule has 1 heterocycles. The van der Waals surface area contributed by atoms with Crippen molar-refractivity contribution in [3.05, 3.63) is 70.1 Å². The molecule has 36 heavy (non-hydrogen) atoms. The van der Waals surface area contributed by atoms with Gasteiger partial charge in [0, 0.05) is 24.2 Å². The molecule has 0 unspecified atom stereocenters. The van der Waals surface area contributed by atoms with Gasteiger partial charge in [-0.2, -0.15) is 0 Å². The molecule has 0 aromatic heterocycles. The van der Waals surface area contributed by atoms with Crippen LogP contribution in [-0.2, 0) is 30.4 Å². The maximum absolute atomic E-state index is 12.6. The first-order valence-electron chi connectivity index (χ1n) is 10.9. The van der Waals surface area contributed by atoms with E-state index in [1.807, 2.05) is 24.3 Å². The van der Waals surface area contributed by atoms with Crippen LogP contribution < -0.4 is 16.0 Å². The zero-order chi connectivity index (χ0) is 26.1. The second-order valence-electron chi connectivity index (χ2n) is 7.69. The topological polar surface area (TPSA) is 123 Å². The maximum atomic E-state index is 12.6. The lowest BCUT2D eigenvalue weighted by Gasteiger charge is -2.16. The third-order valence-corrected chi connectivity index (χ3v) is 6.38. The molecule has 188 valence electrons. The maximum Gasteiger partial charge on any atom is 0.328 e. The number of esters is 2. The molecule has 2 aromatic rings. The predicted molar refractivity (Wildman–Crippen MR) is 141 cm³/mol. The monoisotopic (exact) mass is 527 g/mol. The van der Waals surface area contributed by atoms with Crippen LogP contribution in [0.2, 0.25) is 0 Å². The zero-order valence-corrected chi connectivity index (χ0v) is 21.3. The van der Waals surface area contributed by atoms with Gasteiger partial charge in [-0.05, 0) is 47.9 Å². The quantitative estimate of drug-likeness (QED) is 0.243. The van der Waals surface area contributed by atoms with E-state index in [4.69, 9.17) is 17.0 Å². The second-order valence-corrected chi connectivity index (χ2v) is 9.41. The van der Waals surface area contributed by atoms with Gasteiger partial charge in [0.15, 0.2) is 0 Å². The third-order valence-electron chi connectivity index (χ3n) is 5.22. The molecule has 0 bridgehead atoms. The van der Waals surface area contributed by atoms with E-state index >= 15 is 0 Å². The van der Waals surface area contributed by atoms with E-state index in [1.165, 1.54) is 26.0 Å². The minimum atomic E-state index is -0.959. The van der Waals surface area contributed by atoms with Crippen molar-refractivity contribution < 1.29 is 28.7 Å². The Morgan fingerprint density at radius 2 is 1.75 bits per heavy atom. The Hall–Kier alpha value is -3.70. The van der Waals surface area contributed by atoms with Crippen LogP contribution in [0.15, 0.2) is 53.4 Å². The van der Waals surface area contributed by atoms with Crippen LogP contribution in [0.1, 0.15) is 34.3 Å². The molecule has 1 aliphatic heterocycles. The third kappa shape index (κ3) is 7.65. The van der Waals surface area contributed by atoms with Crippen LogP contribution in [0.25, 0.3) is 6.08 Å². The van der Waals surface area contributed by atoms with Crippen LogP contribution in [0, 0.1) is 0 Å². The van der Waals surface area contributed by atoms with E-state index in [-0.39, 0.29) is 18.7 Å². The first-order valence-corrected chi connectivity index (χ1v) is 12.1. The standard InChI is InChI=1S/C25H25N3O6S2/c1-33-21(29)12-11-19(24(32)34-2)27-22(30)17-7-3-16(4-8-17)14-26-18-9-5-15(6-10-18)13-20-23(31)28-25(35)36-20/h3-10,13,19,26H,11-12,14H2,1-2H3,(H,27,30)(H,28,31,35)/b20-13-/t19-/m1/s1. The normalized spacial score (nSPS) is 14.7. The lowest BCUT2D eigenvalue weighted by Crippen LogP contribution is -2.41. The van der Waals surface area contributed by atoms with Gasteiger partial charge in [0.2, 0.25) is 0 Å². The summed E-state index contributed by atoms with van der Waals surface area (Å²) in [7, 11) is 2.47. The number of hydrogen-bond acceptors (Lipinski definition) is 9. The number of thioether (sulfide) groups is 1. The van der Waals surface area contributed by atoms with Crippen LogP contribution in [-0.4, -0.2) is 48.3 Å². The Morgan fingerprint density at radius 1 is 1.06 bits per heavy atom. The van der Waals surface area contributed by atoms with Gasteiger partial charge in [-0.1, -0.05) is 48.2 Å². The zero-order valence-electron chi connectivity index (χ0n) is 19.7. The summed E-state index contributed by atoms with van der Waals surface area (Å²) in [4.78, 5) is 48.3. The molecule has 0 radical (unpaired) electrons. The summed E-state index contributed by atoms with van der Waals surface area (Å²) in [5.74, 6) is -1.75. The first-order chi connectivity index (χ1) is 17.3. The molecule has 1 fully saturated rings. The molecule has 0 spiro atoms. The van der Waals surface area contributed by atoms with Gasteiger partial charge in [-0.3, -0.25) is 14.4 Å². The number of methoxy groups -OCH3 is 2. The van der Waals surface area contributed by atoms with E-state index in [1.54, 1.807) is 30.3 Å². The van der Waals surface area contributed by atoms with Crippen molar-refractivity contribution in [1.29, 1.82) is 0 Å². The van der Waals surface area contributed by atoms with Gasteiger partial charge in [0.05, 0.1) is 19.1 Å². The molecule has 0 saturated carbocycles. The Kier molecular flexibility index (Phi) is 9.60. The van der Waals surface area contributed by atoms with Gasteiger partial charge >= 0.3 is 11.9 Å². The molecule has 3 N–H and O–H groups in total. The van der Waals surface area contributed by atoms with Crippen molar-refractivity contribution >= 4 is 63.8 Å². The van der Waals surface area contributed by atoms with Gasteiger partial charge in [0.25, 0.3) is 11.8 Å². The predicted octanol–water partition coefficient (Wildman–Crippen LogP) is 3.01. The van der Waals surface area contributed by atoms with Crippen molar-refractivity contribution in [1.82, 2.24) is 10.6 Å². The van der Waals surface area contributed by atoms with Crippen molar-refractivity contribution in [3.8, 4) is 0 Å². The number of anilines is 1. The van der Waals surface area contributed by atoms with Crippen molar-refractivity contribution in [3.63, 3.8) is 0 Å². The van der Waals surface area contributed by atoms with Crippen molar-refractivity contribution in [2.45, 2.75) is 25.4 Å². The van der Waals surface area contributed by atoms with Gasteiger partial charge in [-0.15, -0.1) is 0 Å². The second kappa shape index (κ2) is 12.8. The number of rotatable bonds is 10. The minimum absolute atomic E-state index is 0.0258. The highest BCUT2D eigenvalue weighted by Crippen LogP contribution is 2.26. The minimum Gasteiger partial charge on any atom is -0.469 e. The molecule has 1 saturated heterocycles. The molecule has 0 aliphatic carbocycles. The highest BCUT2D eigenvalue weighted by Gasteiger charge is 2.23. The molecule has 2 aromatic carbocycles. The number of amides is 2. The van der Waals surface area contributed by atoms with Crippen LogP contribution in [0.3, 0.4) is 0 Å². The largest absolute Gasteiger partial charge is 0.469 e. The average molecular weight is 528 g/mol. The number of thiocarbonyl (C=S) groups is 1. The highest BCUT2D eigenvalue weighted by atomic mass is 32.2. The fourth-order valence-electron chi connectivity index (χ4n) is 3.24. The Labute approximate surface area is 218 Å². The number of hydrogen-bond donors (Lipinski definition) is 3. The number of benzene rings is 2. The van der Waals surface area contributed by atoms with E-state index < -0.39 is 23.9 Å². The fourth-order valence-corrected chi connectivity index (χ4v) is 4.29. The van der Waals surface area contributed by atoms with Crippen LogP contribution in [0.5, 0.6) is 0 Å². The Morgan fingerprint density at radius 3 is 2.33 bits per heavy atom. The molecular weight excluding hydrogens is 502 g/mol. The molecule has 2 amide bonds. The van der Waals surface area contributed by atoms with Gasteiger partial charge in [-0.25, -0.2) is 4.79 Å². The number of nitrogens with one attached hydrogen (secondary N) is 3. The number of ether oxygens (including phenoxy) is 2. The lowest BCUT2D eigenvalue weighted by atomic mass is 10.1. The molecular formula is C25H25N3O6S2. The summed E-state index contributed by atoms with van der Waals surface area (Å²) in [5.41, 5.74) is 3.09. The summed E-state index contributed by atoms with van der Waals surface area (Å²) in [5, 5.41) is 8.49. The molecule has 3 rings (SSSR count). The highest BCUT2D eigenvalue weighted by molar-refractivity contribution is 8.26. The van der Waals surface area contributed by atoms with E-state index in [9.17, 15) is 19.2 Å². The summed E-state index contributed by atoms with van der Waals surface area (Å²) in [6, 6.07) is 13.6. The van der Waals surface area contributed by atoms with E-state index in [2.05, 4.69) is 20.7 Å². The van der Waals surface area contributed by atoms with Crippen LogP contribution >= 0.6 is 24.0 Å². The van der Waals surface area contributed by atoms with E-state index in [0.29, 0.717) is 21.3 Å². The number of carbonyl (C=O) groups is 4. The molecule has 1 aliphatic rings. The van der Waals surface area contributed by atoms with Gasteiger partial charge < -0.3 is 25.4 Å². The Balaban J connectivity index is 1.54. The SMILES string of the molecule is COC(=O)CC[C@@H](NC(=O)c1ccc(CNc2ccc(/C=C3\SC(=S)NC3=O)cc2)cc1)C(=O)OC. The number of carbonyl (C=O) groups excluding carboxylic acids is 4.